The fraction of sp³-hybridized carbons (Fsp3) is 0.200. The first-order valence-electron chi connectivity index (χ1n) is 4.83. The van der Waals surface area contributed by atoms with Crippen molar-refractivity contribution in [2.75, 3.05) is 11.1 Å². The molecule has 0 saturated carbocycles. The highest BCUT2D eigenvalue weighted by molar-refractivity contribution is 7.11. The summed E-state index contributed by atoms with van der Waals surface area (Å²) in [6.07, 6.45) is 1.82. The normalized spacial score (nSPS) is 10.5. The van der Waals surface area contributed by atoms with E-state index in [1.807, 2.05) is 13.1 Å². The second-order valence-corrected chi connectivity index (χ2v) is 5.52. The van der Waals surface area contributed by atoms with Gasteiger partial charge in [0.05, 0.1) is 21.6 Å². The van der Waals surface area contributed by atoms with Gasteiger partial charge in [0.15, 0.2) is 0 Å². The summed E-state index contributed by atoms with van der Waals surface area (Å²) in [5.74, 6) is 0.790. The predicted molar refractivity (Wildman–Crippen MR) is 72.8 cm³/mol. The Morgan fingerprint density at radius 1 is 1.41 bits per heavy atom. The quantitative estimate of drug-likeness (QED) is 0.909. The Labute approximate surface area is 113 Å². The van der Waals surface area contributed by atoms with E-state index < -0.39 is 0 Å². The van der Waals surface area contributed by atoms with Crippen molar-refractivity contribution in [3.8, 4) is 0 Å². The number of anilines is 2. The fourth-order valence-corrected chi connectivity index (χ4v) is 2.42. The van der Waals surface area contributed by atoms with Gasteiger partial charge >= 0.3 is 0 Å². The molecule has 0 amide bonds. The van der Waals surface area contributed by atoms with Gasteiger partial charge in [-0.05, 0) is 13.0 Å². The lowest BCUT2D eigenvalue weighted by molar-refractivity contribution is 1.13. The number of rotatable bonds is 3. The van der Waals surface area contributed by atoms with Crippen molar-refractivity contribution < 1.29 is 0 Å². The molecule has 0 spiro atoms. The van der Waals surface area contributed by atoms with Gasteiger partial charge in [-0.2, -0.15) is 0 Å². The molecule has 0 aliphatic carbocycles. The molecule has 90 valence electrons. The smallest absolute Gasteiger partial charge is 0.147 e. The molecule has 0 aromatic carbocycles. The van der Waals surface area contributed by atoms with Crippen LogP contribution in [0, 0.1) is 6.92 Å². The molecule has 0 saturated heterocycles. The third-order valence-electron chi connectivity index (χ3n) is 2.06. The van der Waals surface area contributed by atoms with Gasteiger partial charge in [0.2, 0.25) is 0 Å². The average Bonchev–Trinajstić information content (AvgIpc) is 2.68. The summed E-state index contributed by atoms with van der Waals surface area (Å²) in [7, 11) is 0. The van der Waals surface area contributed by atoms with E-state index in [0.29, 0.717) is 22.4 Å². The Morgan fingerprint density at radius 3 is 2.82 bits per heavy atom. The van der Waals surface area contributed by atoms with Crippen molar-refractivity contribution in [2.24, 2.45) is 0 Å². The van der Waals surface area contributed by atoms with Crippen molar-refractivity contribution in [3.05, 3.63) is 32.2 Å². The van der Waals surface area contributed by atoms with E-state index in [1.165, 1.54) is 0 Å². The van der Waals surface area contributed by atoms with Crippen LogP contribution in [-0.4, -0.2) is 9.97 Å². The van der Waals surface area contributed by atoms with E-state index >= 15 is 0 Å². The molecule has 0 radical (unpaired) electrons. The molecule has 7 heteroatoms. The van der Waals surface area contributed by atoms with Crippen LogP contribution in [0.25, 0.3) is 0 Å². The van der Waals surface area contributed by atoms with Gasteiger partial charge in [0, 0.05) is 11.1 Å². The molecular weight excluding hydrogens is 279 g/mol. The molecular formula is C10H10Cl2N4S. The molecule has 4 nitrogen and oxygen atoms in total. The first-order chi connectivity index (χ1) is 8.06. The van der Waals surface area contributed by atoms with Crippen LogP contribution in [0.1, 0.15) is 9.88 Å². The van der Waals surface area contributed by atoms with Crippen molar-refractivity contribution in [1.82, 2.24) is 9.97 Å². The van der Waals surface area contributed by atoms with Crippen LogP contribution in [0.3, 0.4) is 0 Å². The van der Waals surface area contributed by atoms with Gasteiger partial charge in [-0.15, -0.1) is 11.3 Å². The molecule has 2 rings (SSSR count). The number of nitrogen functional groups attached to an aromatic ring is 1. The second-order valence-electron chi connectivity index (χ2n) is 3.39. The SMILES string of the molecule is Cc1ncc(CNc2nc(N)c(Cl)cc2Cl)s1. The number of hydrogen-bond acceptors (Lipinski definition) is 5. The number of thiazole rings is 1. The number of nitrogens with two attached hydrogens (primary N) is 1. The summed E-state index contributed by atoms with van der Waals surface area (Å²) in [5, 5.41) is 4.93. The van der Waals surface area contributed by atoms with Crippen LogP contribution < -0.4 is 11.1 Å². The third-order valence-corrected chi connectivity index (χ3v) is 3.56. The van der Waals surface area contributed by atoms with Gasteiger partial charge in [0.25, 0.3) is 0 Å². The fourth-order valence-electron chi connectivity index (χ4n) is 1.26. The zero-order valence-electron chi connectivity index (χ0n) is 9.00. The molecule has 0 fully saturated rings. The molecule has 0 atom stereocenters. The van der Waals surface area contributed by atoms with Crippen molar-refractivity contribution in [1.29, 1.82) is 0 Å². The second kappa shape index (κ2) is 5.08. The minimum atomic E-state index is 0.263. The summed E-state index contributed by atoms with van der Waals surface area (Å²) in [5.41, 5.74) is 5.61. The lowest BCUT2D eigenvalue weighted by atomic mass is 10.4. The largest absolute Gasteiger partial charge is 0.382 e. The highest BCUT2D eigenvalue weighted by Gasteiger charge is 2.07. The Hall–Kier alpha value is -1.04. The number of aryl methyl sites for hydroxylation is 1. The standard InChI is InChI=1S/C10H10Cl2N4S/c1-5-14-3-6(17-5)4-15-10-8(12)2-7(11)9(13)16-10/h2-3H,4H2,1H3,(H3,13,15,16). The molecule has 17 heavy (non-hydrogen) atoms. The number of nitrogens with zero attached hydrogens (tertiary/aromatic N) is 2. The highest BCUT2D eigenvalue weighted by atomic mass is 35.5. The molecule has 0 aliphatic rings. The third kappa shape index (κ3) is 3.00. The van der Waals surface area contributed by atoms with E-state index in [9.17, 15) is 0 Å². The van der Waals surface area contributed by atoms with Crippen molar-refractivity contribution in [3.63, 3.8) is 0 Å². The molecule has 0 unspecified atom stereocenters. The zero-order valence-corrected chi connectivity index (χ0v) is 11.3. The molecule has 3 N–H and O–H groups in total. The minimum Gasteiger partial charge on any atom is -0.382 e. The number of aromatic nitrogens is 2. The maximum Gasteiger partial charge on any atom is 0.147 e. The molecule has 2 aromatic rings. The number of hydrogen-bond donors (Lipinski definition) is 2. The van der Waals surface area contributed by atoms with Crippen LogP contribution in [0.2, 0.25) is 10.0 Å². The molecule has 0 bridgehead atoms. The first kappa shape index (κ1) is 12.4. The first-order valence-corrected chi connectivity index (χ1v) is 6.40. The van der Waals surface area contributed by atoms with E-state index in [4.69, 9.17) is 28.9 Å². The van der Waals surface area contributed by atoms with Crippen LogP contribution >= 0.6 is 34.5 Å². The topological polar surface area (TPSA) is 63.8 Å². The molecule has 0 aliphatic heterocycles. The Balaban J connectivity index is 2.11. The van der Waals surface area contributed by atoms with Crippen LogP contribution in [0.5, 0.6) is 0 Å². The van der Waals surface area contributed by atoms with E-state index in [2.05, 4.69) is 15.3 Å². The van der Waals surface area contributed by atoms with Gasteiger partial charge in [-0.25, -0.2) is 9.97 Å². The van der Waals surface area contributed by atoms with Gasteiger partial charge in [-0.3, -0.25) is 0 Å². The summed E-state index contributed by atoms with van der Waals surface area (Å²) < 4.78 is 0. The zero-order chi connectivity index (χ0) is 12.4. The Kier molecular flexibility index (Phi) is 3.71. The summed E-state index contributed by atoms with van der Waals surface area (Å²) in [4.78, 5) is 9.35. The molecule has 2 aromatic heterocycles. The maximum atomic E-state index is 6.00. The van der Waals surface area contributed by atoms with Crippen molar-refractivity contribution in [2.45, 2.75) is 13.5 Å². The predicted octanol–water partition coefficient (Wildman–Crippen LogP) is 3.35. The Bertz CT molecular complexity index is 541. The summed E-state index contributed by atoms with van der Waals surface area (Å²) >= 11 is 13.4. The Morgan fingerprint density at radius 2 is 2.18 bits per heavy atom. The average molecular weight is 289 g/mol. The summed E-state index contributed by atoms with van der Waals surface area (Å²) in [6, 6.07) is 1.58. The van der Waals surface area contributed by atoms with Crippen LogP contribution in [-0.2, 0) is 6.54 Å². The van der Waals surface area contributed by atoms with Crippen LogP contribution in [0.15, 0.2) is 12.3 Å². The highest BCUT2D eigenvalue weighted by Crippen LogP contribution is 2.27. The van der Waals surface area contributed by atoms with Crippen molar-refractivity contribution >= 4 is 46.2 Å². The maximum absolute atomic E-state index is 6.00. The number of pyridine rings is 1. The summed E-state index contributed by atoms with van der Waals surface area (Å²) in [6.45, 7) is 2.57. The number of halogens is 2. The van der Waals surface area contributed by atoms with E-state index in [-0.39, 0.29) is 5.82 Å². The van der Waals surface area contributed by atoms with Gasteiger partial charge in [-0.1, -0.05) is 23.2 Å². The van der Waals surface area contributed by atoms with E-state index in [0.717, 1.165) is 9.88 Å². The van der Waals surface area contributed by atoms with E-state index in [1.54, 1.807) is 17.4 Å². The monoisotopic (exact) mass is 288 g/mol. The molecule has 2 heterocycles. The van der Waals surface area contributed by atoms with Gasteiger partial charge < -0.3 is 11.1 Å². The van der Waals surface area contributed by atoms with Crippen LogP contribution in [0.4, 0.5) is 11.6 Å². The van der Waals surface area contributed by atoms with Gasteiger partial charge in [0.1, 0.15) is 11.6 Å². The lowest BCUT2D eigenvalue weighted by Gasteiger charge is -2.07. The lowest BCUT2D eigenvalue weighted by Crippen LogP contribution is -2.03. The minimum absolute atomic E-state index is 0.263. The number of nitrogens with one attached hydrogen (secondary N) is 1.